The molecule has 1 saturated carbocycles. The Morgan fingerprint density at radius 3 is 1.67 bits per heavy atom. The molecule has 0 aromatic rings. The van der Waals surface area contributed by atoms with Gasteiger partial charge in [-0.15, -0.1) is 0 Å². The van der Waals surface area contributed by atoms with E-state index in [4.69, 9.17) is 18.9 Å². The smallest absolute Gasteiger partial charge is 0.382 e. The summed E-state index contributed by atoms with van der Waals surface area (Å²) < 4.78 is 311. The predicted molar refractivity (Wildman–Crippen MR) is 240 cm³/mol. The average Bonchev–Trinajstić information content (AvgIpc) is 3.89. The number of carbonyl (C=O) groups is 2. The number of methoxy groups -OCH3 is 1. The van der Waals surface area contributed by atoms with Gasteiger partial charge in [-0.25, -0.2) is 0 Å². The van der Waals surface area contributed by atoms with Crippen molar-refractivity contribution < 1.29 is 125 Å². The molecule has 2 heterocycles. The fourth-order valence-corrected chi connectivity index (χ4v) is 16.0. The maximum atomic E-state index is 16.6. The quantitative estimate of drug-likeness (QED) is 0.0279. The second kappa shape index (κ2) is 24.9. The van der Waals surface area contributed by atoms with Gasteiger partial charge in [-0.2, -0.15) is 118 Å². The first-order valence-electron chi connectivity index (χ1n) is 21.9. The van der Waals surface area contributed by atoms with E-state index in [0.29, 0.717) is 11.8 Å². The molecule has 35 heteroatoms. The van der Waals surface area contributed by atoms with Crippen molar-refractivity contribution in [2.24, 2.45) is 29.6 Å². The Morgan fingerprint density at radius 2 is 1.18 bits per heavy atom. The summed E-state index contributed by atoms with van der Waals surface area (Å²) in [6.07, 6.45) is -12.7. The predicted octanol–water partition coefficient (Wildman–Crippen LogP) is 6.59. The zero-order chi connectivity index (χ0) is 56.2. The van der Waals surface area contributed by atoms with Crippen LogP contribution in [-0.4, -0.2) is 200 Å². The summed E-state index contributed by atoms with van der Waals surface area (Å²) in [4.78, 5) is 29.4. The van der Waals surface area contributed by atoms with E-state index < -0.39 is 190 Å². The fourth-order valence-electron chi connectivity index (χ4n) is 9.21. The van der Waals surface area contributed by atoms with Crippen molar-refractivity contribution in [3.05, 3.63) is 0 Å². The Morgan fingerprint density at radius 1 is 0.699 bits per heavy atom. The van der Waals surface area contributed by atoms with E-state index in [2.05, 4.69) is 0 Å². The number of ether oxygens (including phenoxy) is 4. The molecule has 3 N–H and O–H groups in total. The standard InChI is InChI=1S/C38H56F13NO15S6/c1-5-27(70-14-17-73(61,62)63)32(3)29-28(30(53)52(31(29)54)6-7-65-10-11-66-9-8-64-4)25(67-32)20-26(69-13-16-72(58,59)60)23-18-22(21(2)68-12-15-71(55,56)57)19-24(23)33(39,40)34(41,42)35(43,44)36(45,46)37(47,48)38(49,50)51/h21-29H,5-20H2,1-4H3,(H,55,56,57)(H,58,59,60)(H,61,62,63). The largest absolute Gasteiger partial charge is 0.460 e. The van der Waals surface area contributed by atoms with Crippen LogP contribution in [0.5, 0.6) is 0 Å². The number of thioether (sulfide) groups is 3. The third-order valence-electron chi connectivity index (χ3n) is 12.9. The summed E-state index contributed by atoms with van der Waals surface area (Å²) in [5.74, 6) is -56.2. The topological polar surface area (TPSA) is 237 Å². The Bertz CT molecular complexity index is 2220. The Balaban J connectivity index is 2.24. The first-order chi connectivity index (χ1) is 33.1. The van der Waals surface area contributed by atoms with E-state index in [-0.39, 0.29) is 57.0 Å². The van der Waals surface area contributed by atoms with Crippen LogP contribution in [0.1, 0.15) is 46.5 Å². The van der Waals surface area contributed by atoms with Crippen molar-refractivity contribution in [1.29, 1.82) is 0 Å². The van der Waals surface area contributed by atoms with Gasteiger partial charge >= 0.3 is 35.8 Å². The molecular weight excluding hydrogens is 1150 g/mol. The molecule has 0 aromatic heterocycles. The maximum absolute atomic E-state index is 16.6. The van der Waals surface area contributed by atoms with E-state index in [0.717, 1.165) is 16.7 Å². The molecule has 3 rings (SSSR count). The number of amides is 2. The molecule has 2 saturated heterocycles. The second-order valence-corrected chi connectivity index (χ2v) is 26.5. The third-order valence-corrected chi connectivity index (χ3v) is 20.2. The molecule has 0 bridgehead atoms. The van der Waals surface area contributed by atoms with Gasteiger partial charge in [0.05, 0.1) is 80.4 Å². The summed E-state index contributed by atoms with van der Waals surface area (Å²) in [6.45, 7) is 3.65. The number of fused-ring (bicyclic) bond motifs is 1. The van der Waals surface area contributed by atoms with Crippen LogP contribution in [0, 0.1) is 29.6 Å². The van der Waals surface area contributed by atoms with Gasteiger partial charge < -0.3 is 18.9 Å². The number of rotatable bonds is 32. The van der Waals surface area contributed by atoms with Crippen LogP contribution < -0.4 is 0 Å². The number of alkyl halides is 13. The Kier molecular flexibility index (Phi) is 22.5. The van der Waals surface area contributed by atoms with E-state index in [1.165, 1.54) is 27.9 Å². The van der Waals surface area contributed by atoms with Gasteiger partial charge in [0.2, 0.25) is 11.8 Å². The number of halogens is 13. The van der Waals surface area contributed by atoms with Gasteiger partial charge in [0.25, 0.3) is 30.4 Å². The highest BCUT2D eigenvalue weighted by atomic mass is 32.2. The fraction of sp³-hybridized carbons (Fsp3) is 0.947. The molecule has 2 aliphatic heterocycles. The zero-order valence-corrected chi connectivity index (χ0v) is 44.0. The molecule has 3 aliphatic rings. The van der Waals surface area contributed by atoms with E-state index in [1.54, 1.807) is 0 Å². The first-order valence-corrected chi connectivity index (χ1v) is 29.9. The lowest BCUT2D eigenvalue weighted by Gasteiger charge is -2.43. The van der Waals surface area contributed by atoms with E-state index >= 15 is 26.3 Å². The van der Waals surface area contributed by atoms with Crippen LogP contribution in [0.4, 0.5) is 57.1 Å². The van der Waals surface area contributed by atoms with Gasteiger partial charge in [0, 0.05) is 46.0 Å². The van der Waals surface area contributed by atoms with Crippen molar-refractivity contribution >= 4 is 77.5 Å². The van der Waals surface area contributed by atoms with Crippen molar-refractivity contribution in [3.8, 4) is 0 Å². The second-order valence-electron chi connectivity index (χ2n) is 17.7. The molecule has 0 aromatic carbocycles. The number of nitrogens with zero attached hydrogens (tertiary/aromatic N) is 1. The summed E-state index contributed by atoms with van der Waals surface area (Å²) in [7, 11) is -12.9. The number of likely N-dealkylation sites (tertiary alicyclic amines) is 1. The van der Waals surface area contributed by atoms with Crippen LogP contribution in [-0.2, 0) is 58.9 Å². The van der Waals surface area contributed by atoms with Crippen LogP contribution in [0.2, 0.25) is 0 Å². The first kappa shape index (κ1) is 66.1. The third kappa shape index (κ3) is 15.4. The minimum Gasteiger partial charge on any atom is -0.382 e. The van der Waals surface area contributed by atoms with Crippen molar-refractivity contribution in [1.82, 2.24) is 4.90 Å². The lowest BCUT2D eigenvalue weighted by molar-refractivity contribution is -0.443. The van der Waals surface area contributed by atoms with Crippen LogP contribution >= 0.6 is 35.3 Å². The minimum atomic E-state index is -8.25. The molecule has 430 valence electrons. The van der Waals surface area contributed by atoms with Crippen LogP contribution in [0.15, 0.2) is 0 Å². The molecule has 73 heavy (non-hydrogen) atoms. The van der Waals surface area contributed by atoms with E-state index in [9.17, 15) is 79.2 Å². The lowest BCUT2D eigenvalue weighted by atomic mass is 9.77. The molecule has 10 unspecified atom stereocenters. The highest BCUT2D eigenvalue weighted by Crippen LogP contribution is 2.65. The number of hydrogen-bond acceptors (Lipinski definition) is 15. The monoisotopic (exact) mass is 1210 g/mol. The SMILES string of the molecule is CCC(SCCS(=O)(=O)O)C1(C)OC(CC(SCCS(=O)(=O)O)C2CC(C(C)SCCS(=O)(=O)O)CC2C(F)(F)C(F)(F)C(F)(F)C(F)(F)C(F)(F)C(F)(F)F)C2C(=O)N(CCOCCOCCOC)C(=O)C21. The highest BCUT2D eigenvalue weighted by Gasteiger charge is 2.91. The molecule has 0 spiro atoms. The normalized spacial score (nSPS) is 26.4. The molecule has 3 fully saturated rings. The highest BCUT2D eigenvalue weighted by molar-refractivity contribution is 8.01. The van der Waals surface area contributed by atoms with Gasteiger partial charge in [0.1, 0.15) is 0 Å². The van der Waals surface area contributed by atoms with Gasteiger partial charge in [-0.1, -0.05) is 13.8 Å². The molecule has 1 aliphatic carbocycles. The van der Waals surface area contributed by atoms with Crippen molar-refractivity contribution in [2.75, 3.05) is 81.2 Å². The molecule has 10 atom stereocenters. The summed E-state index contributed by atoms with van der Waals surface area (Å²) in [6, 6.07) is 0. The van der Waals surface area contributed by atoms with Crippen LogP contribution in [0.25, 0.3) is 0 Å². The van der Waals surface area contributed by atoms with E-state index in [1.807, 2.05) is 0 Å². The summed E-state index contributed by atoms with van der Waals surface area (Å²) >= 11 is 1.64. The number of hydrogen-bond donors (Lipinski definition) is 3. The average molecular weight is 1210 g/mol. The van der Waals surface area contributed by atoms with Gasteiger partial charge in [-0.05, 0) is 44.4 Å². The summed E-state index contributed by atoms with van der Waals surface area (Å²) in [5, 5.41) is -4.13. The lowest BCUT2D eigenvalue weighted by Crippen LogP contribution is -2.71. The molecular formula is C38H56F13NO15S6. The molecule has 2 amide bonds. The number of carbonyl (C=O) groups excluding carboxylic acids is 2. The Labute approximate surface area is 425 Å². The van der Waals surface area contributed by atoms with Crippen molar-refractivity contribution in [2.45, 2.75) is 110 Å². The molecule has 0 radical (unpaired) electrons. The maximum Gasteiger partial charge on any atom is 0.460 e. The minimum absolute atomic E-state index is 0.00975. The Hall–Kier alpha value is -1.15. The number of imide groups is 1. The van der Waals surface area contributed by atoms with Gasteiger partial charge in [0.15, 0.2) is 0 Å². The zero-order valence-electron chi connectivity index (χ0n) is 39.1. The van der Waals surface area contributed by atoms with Crippen molar-refractivity contribution in [3.63, 3.8) is 0 Å². The molecule has 16 nitrogen and oxygen atoms in total. The van der Waals surface area contributed by atoms with Gasteiger partial charge in [-0.3, -0.25) is 28.1 Å². The van der Waals surface area contributed by atoms with Crippen LogP contribution in [0.3, 0.4) is 0 Å². The summed E-state index contributed by atoms with van der Waals surface area (Å²) in [5.41, 5.74) is -1.88.